The van der Waals surface area contributed by atoms with Gasteiger partial charge in [-0.15, -0.1) is 11.6 Å². The van der Waals surface area contributed by atoms with E-state index >= 15 is 0 Å². The zero-order chi connectivity index (χ0) is 18.6. The Hall–Kier alpha value is -2.06. The first-order chi connectivity index (χ1) is 11.7. The summed E-state index contributed by atoms with van der Waals surface area (Å²) in [5, 5.41) is 12.2. The first-order valence-electron chi connectivity index (χ1n) is 7.02. The average Bonchev–Trinajstić information content (AvgIpc) is 2.55. The van der Waals surface area contributed by atoms with Crippen LogP contribution in [-0.2, 0) is 6.18 Å². The summed E-state index contributed by atoms with van der Waals surface area (Å²) in [4.78, 5) is 0. The van der Waals surface area contributed by atoms with E-state index in [1.54, 1.807) is 6.07 Å². The Kier molecular flexibility index (Phi) is 6.07. The molecule has 2 N–H and O–H groups in total. The Morgan fingerprint density at radius 3 is 2.32 bits per heavy atom. The van der Waals surface area contributed by atoms with Crippen molar-refractivity contribution >= 4 is 17.3 Å². The van der Waals surface area contributed by atoms with Gasteiger partial charge in [-0.1, -0.05) is 6.07 Å². The normalized spacial score (nSPS) is 12.8. The van der Waals surface area contributed by atoms with Gasteiger partial charge in [0.05, 0.1) is 17.5 Å². The van der Waals surface area contributed by atoms with E-state index in [1.807, 2.05) is 0 Å². The number of rotatable bonds is 6. The Morgan fingerprint density at radius 1 is 1.12 bits per heavy atom. The number of hydrogen-bond acceptors (Lipinski definition) is 3. The smallest absolute Gasteiger partial charge is 0.416 e. The number of alkyl halides is 4. The molecule has 2 aromatic carbocycles. The number of nitrogens with one attached hydrogen (secondary N) is 1. The third kappa shape index (κ3) is 5.20. The Morgan fingerprint density at radius 2 is 1.76 bits per heavy atom. The van der Waals surface area contributed by atoms with E-state index in [-0.39, 0.29) is 30.3 Å². The van der Waals surface area contributed by atoms with Crippen LogP contribution in [0.5, 0.6) is 11.5 Å². The van der Waals surface area contributed by atoms with Gasteiger partial charge in [0, 0.05) is 18.3 Å². The van der Waals surface area contributed by atoms with Gasteiger partial charge in [0.1, 0.15) is 5.75 Å². The fourth-order valence-corrected chi connectivity index (χ4v) is 2.01. The predicted octanol–water partition coefficient (Wildman–Crippen LogP) is 4.79. The third-order valence-corrected chi connectivity index (χ3v) is 3.46. The number of anilines is 1. The van der Waals surface area contributed by atoms with Gasteiger partial charge < -0.3 is 15.2 Å². The number of ether oxygens (including phenoxy) is 1. The maximum atomic E-state index is 13.8. The van der Waals surface area contributed by atoms with Gasteiger partial charge in [-0.05, 0) is 24.3 Å². The lowest BCUT2D eigenvalue weighted by Gasteiger charge is -2.13. The Bertz CT molecular complexity index is 716. The van der Waals surface area contributed by atoms with Crippen LogP contribution in [0.25, 0.3) is 0 Å². The third-order valence-electron chi connectivity index (χ3n) is 3.10. The molecule has 0 bridgehead atoms. The minimum atomic E-state index is -4.87. The summed E-state index contributed by atoms with van der Waals surface area (Å²) in [5.74, 6) is -3.86. The van der Waals surface area contributed by atoms with Crippen LogP contribution in [0.4, 0.5) is 27.6 Å². The first-order valence-corrected chi connectivity index (χ1v) is 7.56. The molecular formula is C16H13ClF5NO2. The van der Waals surface area contributed by atoms with Crippen molar-refractivity contribution in [3.8, 4) is 11.5 Å². The average molecular weight is 382 g/mol. The molecule has 25 heavy (non-hydrogen) atoms. The maximum absolute atomic E-state index is 13.8. The van der Waals surface area contributed by atoms with Gasteiger partial charge in [-0.3, -0.25) is 0 Å². The predicted molar refractivity (Wildman–Crippen MR) is 83.1 cm³/mol. The summed E-state index contributed by atoms with van der Waals surface area (Å²) in [5.41, 5.74) is -0.977. The van der Waals surface area contributed by atoms with Crippen molar-refractivity contribution in [2.45, 2.75) is 12.3 Å². The second-order valence-electron chi connectivity index (χ2n) is 5.09. The zero-order valence-corrected chi connectivity index (χ0v) is 13.3. The summed E-state index contributed by atoms with van der Waals surface area (Å²) >= 11 is 5.46. The monoisotopic (exact) mass is 381 g/mol. The highest BCUT2D eigenvalue weighted by Gasteiger charge is 2.33. The number of benzene rings is 2. The van der Waals surface area contributed by atoms with Crippen LogP contribution in [0, 0.1) is 11.6 Å². The van der Waals surface area contributed by atoms with E-state index in [1.165, 1.54) is 18.2 Å². The lowest BCUT2D eigenvalue weighted by Crippen LogP contribution is -2.20. The van der Waals surface area contributed by atoms with E-state index in [4.69, 9.17) is 16.3 Å². The van der Waals surface area contributed by atoms with Gasteiger partial charge in [-0.2, -0.15) is 13.2 Å². The molecule has 2 aromatic rings. The molecule has 0 heterocycles. The molecule has 1 atom stereocenters. The summed E-state index contributed by atoms with van der Waals surface area (Å²) in [6, 6.07) is 6.18. The van der Waals surface area contributed by atoms with Crippen molar-refractivity contribution in [1.29, 1.82) is 0 Å². The van der Waals surface area contributed by atoms with Crippen molar-refractivity contribution in [3.63, 3.8) is 0 Å². The molecule has 2 rings (SSSR count). The van der Waals surface area contributed by atoms with E-state index in [2.05, 4.69) is 5.32 Å². The molecule has 0 aliphatic carbocycles. The molecule has 0 saturated heterocycles. The van der Waals surface area contributed by atoms with Crippen LogP contribution >= 0.6 is 11.6 Å². The minimum Gasteiger partial charge on any atom is -0.451 e. The highest BCUT2D eigenvalue weighted by molar-refractivity contribution is 6.18. The molecule has 0 aliphatic heterocycles. The van der Waals surface area contributed by atoms with Crippen molar-refractivity contribution < 1.29 is 31.8 Å². The fraction of sp³-hybridized carbons (Fsp3) is 0.250. The van der Waals surface area contributed by atoms with Crippen LogP contribution in [0.1, 0.15) is 5.56 Å². The largest absolute Gasteiger partial charge is 0.451 e. The molecule has 1 unspecified atom stereocenters. The maximum Gasteiger partial charge on any atom is 0.416 e. The zero-order valence-electron chi connectivity index (χ0n) is 12.6. The standard InChI is InChI=1S/C16H13ClF5NO2/c17-7-11(24)8-23-10-2-1-3-12(6-10)25-15-13(18)4-9(5-14(15)19)16(20,21)22/h1-6,11,23-24H,7-8H2. The molecule has 0 amide bonds. The molecule has 0 aliphatic rings. The molecule has 9 heteroatoms. The quantitative estimate of drug-likeness (QED) is 0.558. The van der Waals surface area contributed by atoms with Crippen molar-refractivity contribution in [2.24, 2.45) is 0 Å². The van der Waals surface area contributed by atoms with Crippen LogP contribution in [-0.4, -0.2) is 23.6 Å². The van der Waals surface area contributed by atoms with E-state index in [0.717, 1.165) is 0 Å². The Balaban J connectivity index is 2.20. The van der Waals surface area contributed by atoms with Gasteiger partial charge in [0.2, 0.25) is 0 Å². The number of aliphatic hydroxyl groups excluding tert-OH is 1. The SMILES string of the molecule is OC(CCl)CNc1cccc(Oc2c(F)cc(C(F)(F)F)cc2F)c1. The van der Waals surface area contributed by atoms with Crippen LogP contribution in [0.15, 0.2) is 36.4 Å². The number of hydrogen-bond donors (Lipinski definition) is 2. The molecule has 136 valence electrons. The molecule has 0 spiro atoms. The summed E-state index contributed by atoms with van der Waals surface area (Å²) in [6.07, 6.45) is -5.66. The van der Waals surface area contributed by atoms with E-state index < -0.39 is 35.2 Å². The van der Waals surface area contributed by atoms with Gasteiger partial charge in [0.15, 0.2) is 17.4 Å². The molecular weight excluding hydrogens is 369 g/mol. The minimum absolute atomic E-state index is 0.00271. The molecule has 3 nitrogen and oxygen atoms in total. The lowest BCUT2D eigenvalue weighted by atomic mass is 10.2. The van der Waals surface area contributed by atoms with Crippen LogP contribution in [0.3, 0.4) is 0 Å². The first kappa shape index (κ1) is 19.3. The van der Waals surface area contributed by atoms with Gasteiger partial charge in [0.25, 0.3) is 0 Å². The van der Waals surface area contributed by atoms with E-state index in [0.29, 0.717) is 5.69 Å². The highest BCUT2D eigenvalue weighted by Crippen LogP contribution is 2.35. The molecule has 0 saturated carbocycles. The fourth-order valence-electron chi connectivity index (χ4n) is 1.90. The molecule has 0 radical (unpaired) electrons. The van der Waals surface area contributed by atoms with Crippen LogP contribution < -0.4 is 10.1 Å². The summed E-state index contributed by atoms with van der Waals surface area (Å²) in [7, 11) is 0. The van der Waals surface area contributed by atoms with Crippen molar-refractivity contribution in [1.82, 2.24) is 0 Å². The highest BCUT2D eigenvalue weighted by atomic mass is 35.5. The number of aliphatic hydroxyl groups is 1. The van der Waals surface area contributed by atoms with Crippen LogP contribution in [0.2, 0.25) is 0 Å². The number of halogens is 6. The molecule has 0 fully saturated rings. The summed E-state index contributed by atoms with van der Waals surface area (Å²) in [6.45, 7) is 0.135. The lowest BCUT2D eigenvalue weighted by molar-refractivity contribution is -0.138. The summed E-state index contributed by atoms with van der Waals surface area (Å²) < 4.78 is 70.2. The van der Waals surface area contributed by atoms with Gasteiger partial charge in [-0.25, -0.2) is 8.78 Å². The molecule has 0 aromatic heterocycles. The van der Waals surface area contributed by atoms with E-state index in [9.17, 15) is 27.1 Å². The van der Waals surface area contributed by atoms with Crippen molar-refractivity contribution in [3.05, 3.63) is 53.6 Å². The second-order valence-corrected chi connectivity index (χ2v) is 5.39. The Labute approximate surface area is 145 Å². The van der Waals surface area contributed by atoms with Crippen molar-refractivity contribution in [2.75, 3.05) is 17.7 Å². The second kappa shape index (κ2) is 7.88. The topological polar surface area (TPSA) is 41.5 Å². The van der Waals surface area contributed by atoms with Gasteiger partial charge >= 0.3 is 6.18 Å².